The first kappa shape index (κ1) is 13.4. The smallest absolute Gasteiger partial charge is 0.221 e. The lowest BCUT2D eigenvalue weighted by atomic mass is 10.1. The van der Waals surface area contributed by atoms with Crippen molar-refractivity contribution in [2.45, 2.75) is 33.2 Å². The van der Waals surface area contributed by atoms with Gasteiger partial charge in [-0.1, -0.05) is 13.8 Å². The molecule has 0 aromatic carbocycles. The Kier molecular flexibility index (Phi) is 7.42. The van der Waals surface area contributed by atoms with Gasteiger partial charge >= 0.3 is 0 Å². The van der Waals surface area contributed by atoms with Crippen molar-refractivity contribution in [2.75, 3.05) is 19.6 Å². The minimum Gasteiger partial charge on any atom is -0.356 e. The van der Waals surface area contributed by atoms with Gasteiger partial charge in [-0.15, -0.1) is 0 Å². The Morgan fingerprint density at radius 1 is 1.43 bits per heavy atom. The number of carbonyl (C=O) groups is 1. The summed E-state index contributed by atoms with van der Waals surface area (Å²) in [6, 6.07) is 0.101. The van der Waals surface area contributed by atoms with Crippen LogP contribution in [0.15, 0.2) is 0 Å². The molecule has 0 aliphatic carbocycles. The Labute approximate surface area is 86.6 Å². The van der Waals surface area contributed by atoms with Gasteiger partial charge in [-0.3, -0.25) is 4.79 Å². The van der Waals surface area contributed by atoms with E-state index in [0.29, 0.717) is 25.4 Å². The van der Waals surface area contributed by atoms with Crippen LogP contribution in [0.2, 0.25) is 0 Å². The number of hydrogen-bond acceptors (Lipinski definition) is 3. The molecule has 0 aromatic heterocycles. The van der Waals surface area contributed by atoms with Gasteiger partial charge in [0.25, 0.3) is 0 Å². The van der Waals surface area contributed by atoms with E-state index in [0.717, 1.165) is 6.54 Å². The molecule has 4 N–H and O–H groups in total. The van der Waals surface area contributed by atoms with Crippen LogP contribution in [0.4, 0.5) is 0 Å². The fourth-order valence-electron chi connectivity index (χ4n) is 1.13. The SMILES string of the molecule is CCNC(=O)CC(CN)NCC(C)C. The van der Waals surface area contributed by atoms with Crippen LogP contribution in [0.5, 0.6) is 0 Å². The Bertz CT molecular complexity index is 159. The molecule has 4 heteroatoms. The third-order valence-corrected chi connectivity index (χ3v) is 1.91. The highest BCUT2D eigenvalue weighted by Gasteiger charge is 2.11. The molecule has 0 saturated carbocycles. The van der Waals surface area contributed by atoms with Crippen LogP contribution in [0.25, 0.3) is 0 Å². The van der Waals surface area contributed by atoms with Crippen LogP contribution in [-0.2, 0) is 4.79 Å². The van der Waals surface area contributed by atoms with E-state index in [1.54, 1.807) is 0 Å². The molecule has 4 nitrogen and oxygen atoms in total. The minimum absolute atomic E-state index is 0.0687. The highest BCUT2D eigenvalue weighted by atomic mass is 16.1. The summed E-state index contributed by atoms with van der Waals surface area (Å²) in [5.74, 6) is 0.650. The third-order valence-electron chi connectivity index (χ3n) is 1.91. The predicted molar refractivity (Wildman–Crippen MR) is 59.0 cm³/mol. The number of amides is 1. The zero-order valence-electron chi connectivity index (χ0n) is 9.47. The van der Waals surface area contributed by atoms with Crippen molar-refractivity contribution in [3.8, 4) is 0 Å². The van der Waals surface area contributed by atoms with Crippen molar-refractivity contribution < 1.29 is 4.79 Å². The summed E-state index contributed by atoms with van der Waals surface area (Å²) in [6.07, 6.45) is 0.469. The first-order valence-corrected chi connectivity index (χ1v) is 5.30. The maximum absolute atomic E-state index is 11.3. The van der Waals surface area contributed by atoms with E-state index in [-0.39, 0.29) is 11.9 Å². The molecular formula is C10H23N3O. The average Bonchev–Trinajstić information content (AvgIpc) is 2.12. The minimum atomic E-state index is 0.0687. The average molecular weight is 201 g/mol. The fourth-order valence-corrected chi connectivity index (χ4v) is 1.13. The van der Waals surface area contributed by atoms with E-state index < -0.39 is 0 Å². The van der Waals surface area contributed by atoms with Crippen molar-refractivity contribution in [3.63, 3.8) is 0 Å². The second-order valence-corrected chi connectivity index (χ2v) is 3.89. The van der Waals surface area contributed by atoms with Gasteiger partial charge < -0.3 is 16.4 Å². The highest BCUT2D eigenvalue weighted by Crippen LogP contribution is 1.93. The van der Waals surface area contributed by atoms with Gasteiger partial charge in [-0.05, 0) is 19.4 Å². The summed E-state index contributed by atoms with van der Waals surface area (Å²) in [7, 11) is 0. The van der Waals surface area contributed by atoms with Gasteiger partial charge in [0, 0.05) is 25.6 Å². The first-order chi connectivity index (χ1) is 6.60. The molecule has 14 heavy (non-hydrogen) atoms. The first-order valence-electron chi connectivity index (χ1n) is 5.30. The van der Waals surface area contributed by atoms with Crippen molar-refractivity contribution in [1.82, 2.24) is 10.6 Å². The summed E-state index contributed by atoms with van der Waals surface area (Å²) >= 11 is 0. The molecule has 0 rings (SSSR count). The molecule has 0 saturated heterocycles. The van der Waals surface area contributed by atoms with E-state index in [9.17, 15) is 4.79 Å². The fraction of sp³-hybridized carbons (Fsp3) is 0.900. The lowest BCUT2D eigenvalue weighted by Gasteiger charge is -2.17. The second kappa shape index (κ2) is 7.76. The second-order valence-electron chi connectivity index (χ2n) is 3.89. The quantitative estimate of drug-likeness (QED) is 0.546. The summed E-state index contributed by atoms with van der Waals surface area (Å²) in [4.78, 5) is 11.3. The lowest BCUT2D eigenvalue weighted by Crippen LogP contribution is -2.42. The van der Waals surface area contributed by atoms with Gasteiger partial charge in [0.1, 0.15) is 0 Å². The van der Waals surface area contributed by atoms with Crippen molar-refractivity contribution >= 4 is 5.91 Å². The zero-order valence-corrected chi connectivity index (χ0v) is 9.47. The van der Waals surface area contributed by atoms with Gasteiger partial charge in [-0.2, -0.15) is 0 Å². The van der Waals surface area contributed by atoms with E-state index in [4.69, 9.17) is 5.73 Å². The van der Waals surface area contributed by atoms with Crippen molar-refractivity contribution in [1.29, 1.82) is 0 Å². The molecular weight excluding hydrogens is 178 g/mol. The molecule has 1 amide bonds. The van der Waals surface area contributed by atoms with Crippen LogP contribution in [0.3, 0.4) is 0 Å². The Balaban J connectivity index is 3.72. The molecule has 84 valence electrons. The maximum atomic E-state index is 11.3. The van der Waals surface area contributed by atoms with Gasteiger partial charge in [0.2, 0.25) is 5.91 Å². The molecule has 0 aliphatic rings. The third kappa shape index (κ3) is 6.86. The van der Waals surface area contributed by atoms with E-state index in [2.05, 4.69) is 24.5 Å². The molecule has 0 radical (unpaired) electrons. The molecule has 0 aliphatic heterocycles. The van der Waals surface area contributed by atoms with Crippen LogP contribution in [0, 0.1) is 5.92 Å². The molecule has 0 fully saturated rings. The predicted octanol–water partition coefficient (Wildman–Crippen LogP) is 0.0855. The molecule has 0 aromatic rings. The largest absolute Gasteiger partial charge is 0.356 e. The van der Waals surface area contributed by atoms with Crippen molar-refractivity contribution in [2.24, 2.45) is 11.7 Å². The molecule has 1 atom stereocenters. The van der Waals surface area contributed by atoms with E-state index in [1.807, 2.05) is 6.92 Å². The molecule has 0 spiro atoms. The number of nitrogens with two attached hydrogens (primary N) is 1. The van der Waals surface area contributed by atoms with E-state index >= 15 is 0 Å². The number of carbonyl (C=O) groups excluding carboxylic acids is 1. The van der Waals surface area contributed by atoms with E-state index in [1.165, 1.54) is 0 Å². The van der Waals surface area contributed by atoms with Crippen LogP contribution in [-0.4, -0.2) is 31.6 Å². The summed E-state index contributed by atoms with van der Waals surface area (Å²) in [5.41, 5.74) is 5.56. The standard InChI is InChI=1S/C10H23N3O/c1-4-12-10(14)5-9(6-11)13-7-8(2)3/h8-9,13H,4-7,11H2,1-3H3,(H,12,14). The number of nitrogens with one attached hydrogen (secondary N) is 2. The topological polar surface area (TPSA) is 67.2 Å². The molecule has 1 unspecified atom stereocenters. The Hall–Kier alpha value is -0.610. The Morgan fingerprint density at radius 3 is 2.50 bits per heavy atom. The van der Waals surface area contributed by atoms with Gasteiger partial charge in [-0.25, -0.2) is 0 Å². The normalized spacial score (nSPS) is 12.9. The molecule has 0 heterocycles. The summed E-state index contributed by atoms with van der Waals surface area (Å²) < 4.78 is 0. The Morgan fingerprint density at radius 2 is 2.07 bits per heavy atom. The summed E-state index contributed by atoms with van der Waals surface area (Å²) in [6.45, 7) is 8.27. The van der Waals surface area contributed by atoms with Crippen LogP contribution in [0.1, 0.15) is 27.2 Å². The monoisotopic (exact) mass is 201 g/mol. The maximum Gasteiger partial charge on any atom is 0.221 e. The lowest BCUT2D eigenvalue weighted by molar-refractivity contribution is -0.121. The zero-order chi connectivity index (χ0) is 11.0. The summed E-state index contributed by atoms with van der Waals surface area (Å²) in [5, 5.41) is 6.04. The van der Waals surface area contributed by atoms with Gasteiger partial charge in [0.05, 0.1) is 0 Å². The van der Waals surface area contributed by atoms with Gasteiger partial charge in [0.15, 0.2) is 0 Å². The number of hydrogen-bond donors (Lipinski definition) is 3. The van der Waals surface area contributed by atoms with Crippen LogP contribution < -0.4 is 16.4 Å². The van der Waals surface area contributed by atoms with Crippen LogP contribution >= 0.6 is 0 Å². The van der Waals surface area contributed by atoms with Crippen molar-refractivity contribution in [3.05, 3.63) is 0 Å². The number of rotatable bonds is 7. The molecule has 0 bridgehead atoms. The highest BCUT2D eigenvalue weighted by molar-refractivity contribution is 5.76.